The standard InChI is InChI=1S/C21H24BS/c1-5-9-15-19(13-6-2)23(20-16-11-10-12-17-20)21(14-7-3)22-18-8-4/h5,8-13,15-18H,1,6H2,2-4H3/q+1/b15-9-,18-8-,19-13+. The molecule has 116 valence electrons. The van der Waals surface area contributed by atoms with Gasteiger partial charge in [0.05, 0.1) is 0 Å². The van der Waals surface area contributed by atoms with Gasteiger partial charge in [-0.05, 0) is 0 Å². The Kier molecular flexibility index (Phi) is 9.60. The fraction of sp³-hybridized carbons (Fsp3) is 0.190. The Balaban J connectivity index is 3.51. The van der Waals surface area contributed by atoms with E-state index in [0.717, 1.165) is 11.2 Å². The number of hydrogen-bond acceptors (Lipinski definition) is 0. The van der Waals surface area contributed by atoms with E-state index in [-0.39, 0.29) is 10.9 Å². The molecule has 0 heterocycles. The van der Waals surface area contributed by atoms with Gasteiger partial charge in [0.1, 0.15) is 0 Å². The van der Waals surface area contributed by atoms with Crippen molar-refractivity contribution in [3.05, 3.63) is 78.2 Å². The molecule has 0 spiro atoms. The summed E-state index contributed by atoms with van der Waals surface area (Å²) in [7, 11) is -0.203. The van der Waals surface area contributed by atoms with Crippen LogP contribution >= 0.6 is 0 Å². The van der Waals surface area contributed by atoms with Gasteiger partial charge in [-0.25, -0.2) is 0 Å². The van der Waals surface area contributed by atoms with Crippen molar-refractivity contribution in [2.75, 3.05) is 0 Å². The molecule has 0 bridgehead atoms. The van der Waals surface area contributed by atoms with E-state index in [2.05, 4.69) is 80.7 Å². The van der Waals surface area contributed by atoms with Crippen LogP contribution in [0.5, 0.6) is 0 Å². The van der Waals surface area contributed by atoms with Gasteiger partial charge in [-0.3, -0.25) is 0 Å². The first-order valence-corrected chi connectivity index (χ1v) is 9.05. The average molecular weight is 319 g/mol. The first-order valence-electron chi connectivity index (χ1n) is 7.82. The van der Waals surface area contributed by atoms with E-state index < -0.39 is 0 Å². The van der Waals surface area contributed by atoms with Crippen LogP contribution in [0.4, 0.5) is 0 Å². The van der Waals surface area contributed by atoms with E-state index in [4.69, 9.17) is 0 Å². The number of allylic oxidation sites excluding steroid dienone is 5. The van der Waals surface area contributed by atoms with Crippen LogP contribution in [0, 0.1) is 11.8 Å². The zero-order chi connectivity index (χ0) is 16.9. The predicted octanol–water partition coefficient (Wildman–Crippen LogP) is 5.09. The van der Waals surface area contributed by atoms with E-state index in [9.17, 15) is 0 Å². The van der Waals surface area contributed by atoms with Gasteiger partial charge in [0, 0.05) is 0 Å². The van der Waals surface area contributed by atoms with Crippen molar-refractivity contribution in [2.24, 2.45) is 0 Å². The van der Waals surface area contributed by atoms with Crippen molar-refractivity contribution in [1.29, 1.82) is 0 Å². The van der Waals surface area contributed by atoms with Crippen LogP contribution in [0.1, 0.15) is 27.2 Å². The van der Waals surface area contributed by atoms with Crippen molar-refractivity contribution in [3.63, 3.8) is 0 Å². The third kappa shape index (κ3) is 6.34. The number of hydrogen-bond donors (Lipinski definition) is 0. The number of rotatable bonds is 7. The van der Waals surface area contributed by atoms with E-state index in [0.29, 0.717) is 0 Å². The summed E-state index contributed by atoms with van der Waals surface area (Å²) in [6.07, 6.45) is 11.3. The van der Waals surface area contributed by atoms with Gasteiger partial charge in [0.25, 0.3) is 0 Å². The molecule has 2 heteroatoms. The fourth-order valence-corrected chi connectivity index (χ4v) is 4.17. The van der Waals surface area contributed by atoms with Gasteiger partial charge >= 0.3 is 145 Å². The molecular weight excluding hydrogens is 295 g/mol. The second kappa shape index (κ2) is 11.6. The quantitative estimate of drug-likeness (QED) is 0.284. The van der Waals surface area contributed by atoms with Crippen molar-refractivity contribution >= 4 is 22.6 Å². The Bertz CT molecular complexity index is 667. The summed E-state index contributed by atoms with van der Waals surface area (Å²) >= 11 is 0. The van der Waals surface area contributed by atoms with Crippen LogP contribution in [0.25, 0.3) is 0 Å². The molecule has 1 rings (SSSR count). The minimum absolute atomic E-state index is 0.203. The van der Waals surface area contributed by atoms with Crippen LogP contribution in [0.2, 0.25) is 0 Å². The second-order valence-electron chi connectivity index (χ2n) is 4.66. The average Bonchev–Trinajstić information content (AvgIpc) is 2.58. The van der Waals surface area contributed by atoms with Gasteiger partial charge < -0.3 is 0 Å². The maximum absolute atomic E-state index is 3.79. The predicted molar refractivity (Wildman–Crippen MR) is 109 cm³/mol. The SMILES string of the molecule is C=C/C=C\C(=C/CC)[S+](C(=B/C=C\C)C#CC)c1ccccc1. The van der Waals surface area contributed by atoms with Crippen molar-refractivity contribution in [2.45, 2.75) is 32.1 Å². The third-order valence-electron chi connectivity index (χ3n) is 2.92. The summed E-state index contributed by atoms with van der Waals surface area (Å²) in [6, 6.07) is 10.6. The molecule has 0 N–H and O–H groups in total. The first-order chi connectivity index (χ1) is 11.3. The molecule has 0 saturated heterocycles. The van der Waals surface area contributed by atoms with Gasteiger partial charge in [-0.2, -0.15) is 0 Å². The summed E-state index contributed by atoms with van der Waals surface area (Å²) in [5.41, 5.74) is 0. The van der Waals surface area contributed by atoms with Crippen LogP contribution in [-0.2, 0) is 10.9 Å². The molecule has 0 nitrogen and oxygen atoms in total. The second-order valence-corrected chi connectivity index (χ2v) is 6.66. The molecule has 1 unspecified atom stereocenters. The molecule has 0 aromatic heterocycles. The summed E-state index contributed by atoms with van der Waals surface area (Å²) in [5.74, 6) is 8.43. The topological polar surface area (TPSA) is 0 Å². The molecule has 0 radical (unpaired) electrons. The van der Waals surface area contributed by atoms with Gasteiger partial charge in [-0.1, -0.05) is 0 Å². The Morgan fingerprint density at radius 2 is 2.04 bits per heavy atom. The van der Waals surface area contributed by atoms with Crippen molar-refractivity contribution < 1.29 is 0 Å². The molecule has 0 saturated carbocycles. The zero-order valence-corrected chi connectivity index (χ0v) is 15.1. The van der Waals surface area contributed by atoms with Gasteiger partial charge in [0.2, 0.25) is 0 Å². The molecule has 0 aliphatic carbocycles. The number of benzene rings is 1. The molecule has 1 aromatic carbocycles. The molecular formula is C21H24BS+. The van der Waals surface area contributed by atoms with Crippen molar-refractivity contribution in [1.82, 2.24) is 0 Å². The molecule has 23 heavy (non-hydrogen) atoms. The molecule has 0 fully saturated rings. The van der Waals surface area contributed by atoms with Crippen molar-refractivity contribution in [3.8, 4) is 11.8 Å². The Hall–Kier alpha value is -1.98. The molecule has 0 aliphatic rings. The summed E-state index contributed by atoms with van der Waals surface area (Å²) in [6.45, 7) is 12.0. The van der Waals surface area contributed by atoms with E-state index in [1.807, 2.05) is 32.1 Å². The zero-order valence-electron chi connectivity index (χ0n) is 14.3. The van der Waals surface area contributed by atoms with E-state index >= 15 is 0 Å². The van der Waals surface area contributed by atoms with Crippen LogP contribution in [0.3, 0.4) is 0 Å². The fourth-order valence-electron chi connectivity index (χ4n) is 2.00. The first kappa shape index (κ1) is 19.1. The Labute approximate surface area is 145 Å². The molecule has 1 atom stereocenters. The normalized spacial score (nSPS) is 13.5. The monoisotopic (exact) mass is 319 g/mol. The molecule has 1 aromatic rings. The van der Waals surface area contributed by atoms with Crippen LogP contribution in [0.15, 0.2) is 83.1 Å². The van der Waals surface area contributed by atoms with Gasteiger partial charge in [0.15, 0.2) is 0 Å². The summed E-state index contributed by atoms with van der Waals surface area (Å²) in [5, 5.41) is 0. The van der Waals surface area contributed by atoms with Crippen LogP contribution in [-0.4, -0.2) is 11.7 Å². The minimum atomic E-state index is -0.203. The molecule has 0 aliphatic heterocycles. The van der Waals surface area contributed by atoms with E-state index in [1.165, 1.54) is 9.80 Å². The van der Waals surface area contributed by atoms with Crippen LogP contribution < -0.4 is 0 Å². The van der Waals surface area contributed by atoms with E-state index in [1.54, 1.807) is 0 Å². The summed E-state index contributed by atoms with van der Waals surface area (Å²) < 4.78 is 0. The Morgan fingerprint density at radius 3 is 2.61 bits per heavy atom. The summed E-state index contributed by atoms with van der Waals surface area (Å²) in [4.78, 5) is 3.68. The molecule has 0 amide bonds. The maximum atomic E-state index is 3.79. The Morgan fingerprint density at radius 1 is 1.30 bits per heavy atom. The third-order valence-corrected chi connectivity index (χ3v) is 5.12. The van der Waals surface area contributed by atoms with Gasteiger partial charge in [-0.15, -0.1) is 0 Å².